The van der Waals surface area contributed by atoms with Crippen molar-refractivity contribution < 1.29 is 14.4 Å². The van der Waals surface area contributed by atoms with Crippen molar-refractivity contribution in [2.75, 3.05) is 0 Å². The van der Waals surface area contributed by atoms with Gasteiger partial charge in [-0.25, -0.2) is 4.98 Å². The molecule has 1 aromatic heterocycles. The standard InChI is InChI=1S/C29H24N4O3/c1-32-26(18-8-4-2-5-9-18)25(31-27(32)19-10-6-3-7-11-19)20-12-13-22-21(16-20)17-33(29(22)36)23-14-15-24(34)30-28(23)35/h2-13,16,23H,14-15,17H2,1H3,(H,30,34,35). The first-order valence-corrected chi connectivity index (χ1v) is 12.0. The number of hydrogen-bond donors (Lipinski definition) is 1. The van der Waals surface area contributed by atoms with Crippen LogP contribution < -0.4 is 5.32 Å². The Kier molecular flexibility index (Phi) is 5.25. The van der Waals surface area contributed by atoms with Crippen LogP contribution >= 0.6 is 0 Å². The number of nitrogens with zero attached hydrogens (tertiary/aromatic N) is 3. The first kappa shape index (κ1) is 22.0. The van der Waals surface area contributed by atoms with Gasteiger partial charge in [-0.05, 0) is 24.1 Å². The summed E-state index contributed by atoms with van der Waals surface area (Å²) >= 11 is 0. The summed E-state index contributed by atoms with van der Waals surface area (Å²) in [4.78, 5) is 43.8. The van der Waals surface area contributed by atoms with Crippen LogP contribution in [0.15, 0.2) is 78.9 Å². The van der Waals surface area contributed by atoms with Gasteiger partial charge in [0.05, 0.1) is 11.4 Å². The molecule has 0 radical (unpaired) electrons. The maximum Gasteiger partial charge on any atom is 0.255 e. The number of fused-ring (bicyclic) bond motifs is 1. The number of hydrogen-bond acceptors (Lipinski definition) is 4. The number of nitrogens with one attached hydrogen (secondary N) is 1. The highest BCUT2D eigenvalue weighted by molar-refractivity contribution is 6.05. The van der Waals surface area contributed by atoms with Crippen molar-refractivity contribution in [3.05, 3.63) is 90.0 Å². The van der Waals surface area contributed by atoms with E-state index < -0.39 is 11.9 Å². The Morgan fingerprint density at radius 2 is 1.56 bits per heavy atom. The number of carbonyl (C=O) groups is 3. The van der Waals surface area contributed by atoms with Crippen LogP contribution in [-0.2, 0) is 23.2 Å². The molecule has 2 aliphatic rings. The topological polar surface area (TPSA) is 84.3 Å². The van der Waals surface area contributed by atoms with Gasteiger partial charge in [0, 0.05) is 42.3 Å². The Morgan fingerprint density at radius 1 is 0.861 bits per heavy atom. The number of amides is 3. The number of imide groups is 1. The van der Waals surface area contributed by atoms with Crippen LogP contribution in [0.5, 0.6) is 0 Å². The second-order valence-electron chi connectivity index (χ2n) is 9.20. The first-order chi connectivity index (χ1) is 17.5. The summed E-state index contributed by atoms with van der Waals surface area (Å²) in [5.74, 6) is -0.0248. The van der Waals surface area contributed by atoms with Gasteiger partial charge in [-0.2, -0.15) is 0 Å². The lowest BCUT2D eigenvalue weighted by molar-refractivity contribution is -0.136. The van der Waals surface area contributed by atoms with Crippen molar-refractivity contribution in [1.29, 1.82) is 0 Å². The molecule has 0 spiro atoms. The van der Waals surface area contributed by atoms with Gasteiger partial charge in [-0.15, -0.1) is 0 Å². The molecule has 1 saturated heterocycles. The molecule has 1 N–H and O–H groups in total. The molecule has 0 saturated carbocycles. The summed E-state index contributed by atoms with van der Waals surface area (Å²) in [7, 11) is 2.02. The van der Waals surface area contributed by atoms with Crippen molar-refractivity contribution in [1.82, 2.24) is 19.8 Å². The molecule has 1 atom stereocenters. The van der Waals surface area contributed by atoms with Crippen molar-refractivity contribution in [2.45, 2.75) is 25.4 Å². The van der Waals surface area contributed by atoms with Crippen LogP contribution in [0.4, 0.5) is 0 Å². The predicted octanol–water partition coefficient (Wildman–Crippen LogP) is 4.18. The van der Waals surface area contributed by atoms with E-state index in [-0.39, 0.29) is 18.2 Å². The van der Waals surface area contributed by atoms with Gasteiger partial charge in [0.15, 0.2) is 0 Å². The van der Waals surface area contributed by atoms with Gasteiger partial charge < -0.3 is 9.47 Å². The smallest absolute Gasteiger partial charge is 0.255 e. The van der Waals surface area contributed by atoms with E-state index in [1.807, 2.05) is 73.8 Å². The summed E-state index contributed by atoms with van der Waals surface area (Å²) in [6.45, 7) is 0.327. The molecule has 1 unspecified atom stereocenters. The number of benzene rings is 3. The minimum absolute atomic E-state index is 0.180. The molecule has 1 fully saturated rings. The van der Waals surface area contributed by atoms with E-state index in [1.54, 1.807) is 4.90 Å². The largest absolute Gasteiger partial charge is 0.327 e. The highest BCUT2D eigenvalue weighted by Gasteiger charge is 2.39. The number of imidazole rings is 1. The molecule has 7 heteroatoms. The lowest BCUT2D eigenvalue weighted by atomic mass is 10.0. The van der Waals surface area contributed by atoms with E-state index in [0.717, 1.165) is 39.5 Å². The van der Waals surface area contributed by atoms with Crippen LogP contribution in [0.1, 0.15) is 28.8 Å². The fourth-order valence-electron chi connectivity index (χ4n) is 5.19. The Hall–Kier alpha value is -4.52. The van der Waals surface area contributed by atoms with Crippen molar-refractivity contribution >= 4 is 17.7 Å². The minimum Gasteiger partial charge on any atom is -0.327 e. The number of rotatable bonds is 4. The van der Waals surface area contributed by atoms with Gasteiger partial charge in [-0.1, -0.05) is 66.7 Å². The van der Waals surface area contributed by atoms with Gasteiger partial charge >= 0.3 is 0 Å². The van der Waals surface area contributed by atoms with Gasteiger partial charge in [0.25, 0.3) is 5.91 Å². The molecule has 2 aliphatic heterocycles. The highest BCUT2D eigenvalue weighted by atomic mass is 16.2. The van der Waals surface area contributed by atoms with Crippen LogP contribution in [0.2, 0.25) is 0 Å². The maximum atomic E-state index is 13.1. The first-order valence-electron chi connectivity index (χ1n) is 12.0. The van der Waals surface area contributed by atoms with E-state index in [4.69, 9.17) is 4.98 Å². The monoisotopic (exact) mass is 476 g/mol. The summed E-state index contributed by atoms with van der Waals surface area (Å²) in [5, 5.41) is 2.36. The number of carbonyl (C=O) groups excluding carboxylic acids is 3. The van der Waals surface area contributed by atoms with Crippen LogP contribution in [0.3, 0.4) is 0 Å². The summed E-state index contributed by atoms with van der Waals surface area (Å²) < 4.78 is 2.11. The summed E-state index contributed by atoms with van der Waals surface area (Å²) in [5.41, 5.74) is 6.23. The zero-order valence-corrected chi connectivity index (χ0v) is 19.8. The summed E-state index contributed by atoms with van der Waals surface area (Å²) in [6, 6.07) is 25.3. The Labute approximate surface area is 208 Å². The average molecular weight is 477 g/mol. The second-order valence-corrected chi connectivity index (χ2v) is 9.20. The average Bonchev–Trinajstić information content (AvgIpc) is 3.41. The number of piperidine rings is 1. The lowest BCUT2D eigenvalue weighted by Crippen LogP contribution is -2.52. The molecule has 178 valence electrons. The third-order valence-corrected chi connectivity index (χ3v) is 6.97. The van der Waals surface area contributed by atoms with Crippen LogP contribution in [-0.4, -0.2) is 38.2 Å². The minimum atomic E-state index is -0.634. The molecule has 6 rings (SSSR count). The zero-order valence-electron chi connectivity index (χ0n) is 19.8. The van der Waals surface area contributed by atoms with Gasteiger partial charge in [0.1, 0.15) is 11.9 Å². The molecule has 4 aromatic rings. The second kappa shape index (κ2) is 8.61. The Morgan fingerprint density at radius 3 is 2.25 bits per heavy atom. The van der Waals surface area contributed by atoms with E-state index in [1.165, 1.54) is 0 Å². The third kappa shape index (κ3) is 3.60. The Bertz CT molecular complexity index is 1510. The van der Waals surface area contributed by atoms with Gasteiger partial charge in [-0.3, -0.25) is 19.7 Å². The normalized spacial score (nSPS) is 17.3. The summed E-state index contributed by atoms with van der Waals surface area (Å²) in [6.07, 6.45) is 0.578. The van der Waals surface area contributed by atoms with Crippen molar-refractivity contribution in [3.63, 3.8) is 0 Å². The van der Waals surface area contributed by atoms with Crippen LogP contribution in [0.25, 0.3) is 33.9 Å². The van der Waals surface area contributed by atoms with Crippen LogP contribution in [0, 0.1) is 0 Å². The molecule has 3 aromatic carbocycles. The zero-order chi connectivity index (χ0) is 24.8. The van der Waals surface area contributed by atoms with E-state index >= 15 is 0 Å². The molecule has 3 amide bonds. The van der Waals surface area contributed by atoms with E-state index in [2.05, 4.69) is 22.0 Å². The maximum absolute atomic E-state index is 13.1. The molecular weight excluding hydrogens is 452 g/mol. The highest BCUT2D eigenvalue weighted by Crippen LogP contribution is 2.37. The predicted molar refractivity (Wildman–Crippen MR) is 136 cm³/mol. The molecular formula is C29H24N4O3. The quantitative estimate of drug-likeness (QED) is 0.448. The molecule has 7 nitrogen and oxygen atoms in total. The fourth-order valence-corrected chi connectivity index (χ4v) is 5.19. The number of aromatic nitrogens is 2. The SMILES string of the molecule is Cn1c(-c2ccccc2)nc(-c2ccc3c(c2)CN(C2CCC(=O)NC2=O)C3=O)c1-c1ccccc1. The lowest BCUT2D eigenvalue weighted by Gasteiger charge is -2.29. The van der Waals surface area contributed by atoms with E-state index in [0.29, 0.717) is 18.5 Å². The molecule has 0 aliphatic carbocycles. The van der Waals surface area contributed by atoms with Gasteiger partial charge in [0.2, 0.25) is 11.8 Å². The Balaban J connectivity index is 1.42. The molecule has 36 heavy (non-hydrogen) atoms. The third-order valence-electron chi connectivity index (χ3n) is 6.97. The molecule has 3 heterocycles. The van der Waals surface area contributed by atoms with Crippen molar-refractivity contribution in [2.24, 2.45) is 7.05 Å². The van der Waals surface area contributed by atoms with E-state index in [9.17, 15) is 14.4 Å². The molecule has 0 bridgehead atoms. The van der Waals surface area contributed by atoms with Crippen molar-refractivity contribution in [3.8, 4) is 33.9 Å². The fraction of sp³-hybridized carbons (Fsp3) is 0.172.